The maximum Gasteiger partial charge on any atom is 0.271 e. The van der Waals surface area contributed by atoms with Crippen molar-refractivity contribution in [3.05, 3.63) is 70.7 Å². The molecule has 6 heteroatoms. The first-order valence-electron chi connectivity index (χ1n) is 8.75. The van der Waals surface area contributed by atoms with Gasteiger partial charge in [-0.3, -0.25) is 9.59 Å². The molecule has 2 N–H and O–H groups in total. The second kappa shape index (κ2) is 8.60. The average molecular weight is 379 g/mol. The van der Waals surface area contributed by atoms with Gasteiger partial charge >= 0.3 is 0 Å². The summed E-state index contributed by atoms with van der Waals surface area (Å²) in [7, 11) is 0. The Labute approximate surface area is 162 Å². The molecular weight excluding hydrogens is 358 g/mol. The highest BCUT2D eigenvalue weighted by atomic mass is 32.1. The minimum absolute atomic E-state index is 0.103. The van der Waals surface area contributed by atoms with Crippen LogP contribution >= 0.6 is 11.3 Å². The van der Waals surface area contributed by atoms with Gasteiger partial charge in [0.05, 0.1) is 6.54 Å². The molecule has 0 spiro atoms. The molecule has 0 aliphatic heterocycles. The topological polar surface area (TPSA) is 71.1 Å². The Balaban J connectivity index is 1.58. The van der Waals surface area contributed by atoms with Gasteiger partial charge in [-0.05, 0) is 25.0 Å². The first kappa shape index (κ1) is 18.8. The molecule has 0 fully saturated rings. The molecule has 27 heavy (non-hydrogen) atoms. The van der Waals surface area contributed by atoms with Gasteiger partial charge in [0.15, 0.2) is 0 Å². The number of thiazole rings is 1. The van der Waals surface area contributed by atoms with E-state index in [2.05, 4.69) is 15.6 Å². The fourth-order valence-electron chi connectivity index (χ4n) is 2.60. The maximum absolute atomic E-state index is 12.3. The van der Waals surface area contributed by atoms with Gasteiger partial charge in [-0.15, -0.1) is 11.3 Å². The van der Waals surface area contributed by atoms with Gasteiger partial charge in [0, 0.05) is 16.6 Å². The summed E-state index contributed by atoms with van der Waals surface area (Å²) in [6.07, 6.45) is 0.823. The lowest BCUT2D eigenvalue weighted by molar-refractivity contribution is -0.115. The minimum Gasteiger partial charge on any atom is -0.342 e. The molecule has 1 aromatic heterocycles. The third-order valence-electron chi connectivity index (χ3n) is 4.12. The Hall–Kier alpha value is -2.99. The predicted molar refractivity (Wildman–Crippen MR) is 109 cm³/mol. The number of amides is 2. The molecule has 0 unspecified atom stereocenters. The molecule has 0 atom stereocenters. The van der Waals surface area contributed by atoms with E-state index in [0.29, 0.717) is 5.69 Å². The molecule has 3 aromatic rings. The van der Waals surface area contributed by atoms with Crippen molar-refractivity contribution in [1.82, 2.24) is 10.3 Å². The number of nitrogens with one attached hydrogen (secondary N) is 2. The second-order valence-corrected chi connectivity index (χ2v) is 7.00. The highest BCUT2D eigenvalue weighted by Crippen LogP contribution is 2.24. The molecule has 0 aliphatic rings. The second-order valence-electron chi connectivity index (χ2n) is 6.15. The number of hydrogen-bond donors (Lipinski definition) is 2. The Morgan fingerprint density at radius 1 is 1.07 bits per heavy atom. The molecular formula is C21H21N3O2S. The number of carbonyl (C=O) groups is 2. The summed E-state index contributed by atoms with van der Waals surface area (Å²) in [5.41, 5.74) is 4.29. The third kappa shape index (κ3) is 4.80. The van der Waals surface area contributed by atoms with Crippen molar-refractivity contribution >= 4 is 28.8 Å². The van der Waals surface area contributed by atoms with Gasteiger partial charge in [-0.1, -0.05) is 55.0 Å². The van der Waals surface area contributed by atoms with E-state index >= 15 is 0 Å². The van der Waals surface area contributed by atoms with Gasteiger partial charge in [0.25, 0.3) is 5.91 Å². The van der Waals surface area contributed by atoms with Crippen molar-refractivity contribution in [2.75, 3.05) is 11.9 Å². The van der Waals surface area contributed by atoms with Crippen LogP contribution in [0.25, 0.3) is 10.6 Å². The molecule has 0 aliphatic carbocycles. The molecule has 2 amide bonds. The van der Waals surface area contributed by atoms with Crippen molar-refractivity contribution in [2.45, 2.75) is 20.3 Å². The third-order valence-corrected chi connectivity index (χ3v) is 5.01. The summed E-state index contributed by atoms with van der Waals surface area (Å²) in [5, 5.41) is 7.94. The lowest BCUT2D eigenvalue weighted by Crippen LogP contribution is -2.33. The monoisotopic (exact) mass is 379 g/mol. The standard InChI is InChI=1S/C21H21N3O2S/c1-3-15-6-4-5-7-17(15)23-19(25)12-22-20(26)18-13-27-21(24-18)16-10-8-14(2)9-11-16/h4-11,13H,3,12H2,1-2H3,(H,22,26)(H,23,25). The quantitative estimate of drug-likeness (QED) is 0.679. The summed E-state index contributed by atoms with van der Waals surface area (Å²) in [5.74, 6) is -0.623. The summed E-state index contributed by atoms with van der Waals surface area (Å²) in [6.45, 7) is 3.95. The van der Waals surface area contributed by atoms with Crippen LogP contribution in [0.3, 0.4) is 0 Å². The number of para-hydroxylation sites is 1. The Kier molecular flexibility index (Phi) is 5.98. The molecule has 0 bridgehead atoms. The molecule has 138 valence electrons. The van der Waals surface area contributed by atoms with E-state index in [1.165, 1.54) is 16.9 Å². The highest BCUT2D eigenvalue weighted by Gasteiger charge is 2.13. The van der Waals surface area contributed by atoms with E-state index in [9.17, 15) is 9.59 Å². The van der Waals surface area contributed by atoms with Crippen molar-refractivity contribution < 1.29 is 9.59 Å². The summed E-state index contributed by atoms with van der Waals surface area (Å²) in [4.78, 5) is 28.8. The minimum atomic E-state index is -0.358. The van der Waals surface area contributed by atoms with E-state index in [1.54, 1.807) is 5.38 Å². The van der Waals surface area contributed by atoms with E-state index < -0.39 is 0 Å². The number of nitrogens with zero attached hydrogens (tertiary/aromatic N) is 1. The molecule has 3 rings (SSSR count). The van der Waals surface area contributed by atoms with Crippen LogP contribution in [0.2, 0.25) is 0 Å². The van der Waals surface area contributed by atoms with Gasteiger partial charge in [0.1, 0.15) is 10.7 Å². The average Bonchev–Trinajstić information content (AvgIpc) is 3.17. The first-order chi connectivity index (χ1) is 13.1. The van der Waals surface area contributed by atoms with Gasteiger partial charge < -0.3 is 10.6 Å². The Bertz CT molecular complexity index is 948. The van der Waals surface area contributed by atoms with E-state index in [0.717, 1.165) is 28.2 Å². The Morgan fingerprint density at radius 3 is 2.56 bits per heavy atom. The smallest absolute Gasteiger partial charge is 0.271 e. The van der Waals surface area contributed by atoms with Crippen LogP contribution in [0.1, 0.15) is 28.5 Å². The zero-order valence-electron chi connectivity index (χ0n) is 15.3. The van der Waals surface area contributed by atoms with Crippen LogP contribution in [0, 0.1) is 6.92 Å². The molecule has 2 aromatic carbocycles. The van der Waals surface area contributed by atoms with Crippen molar-refractivity contribution in [3.8, 4) is 10.6 Å². The molecule has 0 saturated heterocycles. The predicted octanol–water partition coefficient (Wildman–Crippen LogP) is 4.05. The number of anilines is 1. The molecule has 1 heterocycles. The summed E-state index contributed by atoms with van der Waals surface area (Å²) >= 11 is 1.41. The summed E-state index contributed by atoms with van der Waals surface area (Å²) < 4.78 is 0. The maximum atomic E-state index is 12.3. The first-order valence-corrected chi connectivity index (χ1v) is 9.63. The summed E-state index contributed by atoms with van der Waals surface area (Å²) in [6, 6.07) is 15.6. The lowest BCUT2D eigenvalue weighted by Gasteiger charge is -2.09. The lowest BCUT2D eigenvalue weighted by atomic mass is 10.1. The van der Waals surface area contributed by atoms with Crippen LogP contribution < -0.4 is 10.6 Å². The largest absolute Gasteiger partial charge is 0.342 e. The van der Waals surface area contributed by atoms with E-state index in [4.69, 9.17) is 0 Å². The van der Waals surface area contributed by atoms with Crippen molar-refractivity contribution in [2.24, 2.45) is 0 Å². The number of carbonyl (C=O) groups excluding carboxylic acids is 2. The highest BCUT2D eigenvalue weighted by molar-refractivity contribution is 7.13. The normalized spacial score (nSPS) is 10.4. The number of aromatic nitrogens is 1. The SMILES string of the molecule is CCc1ccccc1NC(=O)CNC(=O)c1csc(-c2ccc(C)cc2)n1. The van der Waals surface area contributed by atoms with Crippen LogP contribution in [-0.2, 0) is 11.2 Å². The van der Waals surface area contributed by atoms with E-state index in [-0.39, 0.29) is 18.4 Å². The molecule has 0 saturated carbocycles. The van der Waals surface area contributed by atoms with Crippen LogP contribution in [0.4, 0.5) is 5.69 Å². The number of hydrogen-bond acceptors (Lipinski definition) is 4. The van der Waals surface area contributed by atoms with E-state index in [1.807, 2.05) is 62.4 Å². The van der Waals surface area contributed by atoms with Crippen molar-refractivity contribution in [3.63, 3.8) is 0 Å². The zero-order valence-corrected chi connectivity index (χ0v) is 16.1. The zero-order chi connectivity index (χ0) is 19.2. The van der Waals surface area contributed by atoms with Crippen LogP contribution in [0.5, 0.6) is 0 Å². The Morgan fingerprint density at radius 2 is 1.81 bits per heavy atom. The molecule has 0 radical (unpaired) electrons. The fraction of sp³-hybridized carbons (Fsp3) is 0.190. The number of aryl methyl sites for hydroxylation is 2. The van der Waals surface area contributed by atoms with Crippen molar-refractivity contribution in [1.29, 1.82) is 0 Å². The van der Waals surface area contributed by atoms with Gasteiger partial charge in [-0.25, -0.2) is 4.98 Å². The van der Waals surface area contributed by atoms with Crippen LogP contribution in [-0.4, -0.2) is 23.3 Å². The van der Waals surface area contributed by atoms with Gasteiger partial charge in [0.2, 0.25) is 5.91 Å². The van der Waals surface area contributed by atoms with Gasteiger partial charge in [-0.2, -0.15) is 0 Å². The number of benzene rings is 2. The molecule has 5 nitrogen and oxygen atoms in total. The number of rotatable bonds is 6. The van der Waals surface area contributed by atoms with Crippen LogP contribution in [0.15, 0.2) is 53.9 Å². The fourth-order valence-corrected chi connectivity index (χ4v) is 3.41.